The molecule has 0 unspecified atom stereocenters. The first kappa shape index (κ1) is 26.1. The van der Waals surface area contributed by atoms with E-state index in [0.717, 1.165) is 5.56 Å². The summed E-state index contributed by atoms with van der Waals surface area (Å²) in [4.78, 5) is 12.7. The van der Waals surface area contributed by atoms with Crippen molar-refractivity contribution in [2.45, 2.75) is 44.7 Å². The van der Waals surface area contributed by atoms with Crippen molar-refractivity contribution in [2.24, 2.45) is 5.92 Å². The van der Waals surface area contributed by atoms with Gasteiger partial charge in [0.25, 0.3) is 0 Å². The molecule has 0 saturated heterocycles. The Morgan fingerprint density at radius 1 is 1.15 bits per heavy atom. The van der Waals surface area contributed by atoms with Crippen molar-refractivity contribution in [3.05, 3.63) is 76.0 Å². The number of carbonyl (C=O) groups is 1. The van der Waals surface area contributed by atoms with E-state index in [2.05, 4.69) is 26.2 Å². The van der Waals surface area contributed by atoms with Crippen molar-refractivity contribution < 1.29 is 17.9 Å². The van der Waals surface area contributed by atoms with Gasteiger partial charge in [-0.2, -0.15) is 4.31 Å². The summed E-state index contributed by atoms with van der Waals surface area (Å²) in [5, 5.41) is 8.39. The number of carbonyl (C=O) groups excluding carboxylic acids is 1. The van der Waals surface area contributed by atoms with Gasteiger partial charge in [0.1, 0.15) is 6.04 Å². The van der Waals surface area contributed by atoms with E-state index in [-0.39, 0.29) is 23.8 Å². The monoisotopic (exact) mass is 548 g/mol. The number of nitrogens with zero attached hydrogens (tertiary/aromatic N) is 4. The molecule has 0 saturated carbocycles. The molecule has 1 atom stereocenters. The van der Waals surface area contributed by atoms with Crippen LogP contribution in [0.1, 0.15) is 30.7 Å². The number of halogens is 1. The number of methoxy groups -OCH3 is 1. The van der Waals surface area contributed by atoms with Gasteiger partial charge < -0.3 is 4.74 Å². The zero-order valence-corrected chi connectivity index (χ0v) is 22.1. The Balaban J connectivity index is 1.86. The van der Waals surface area contributed by atoms with Crippen molar-refractivity contribution in [1.82, 2.24) is 19.3 Å². The van der Waals surface area contributed by atoms with E-state index < -0.39 is 22.0 Å². The van der Waals surface area contributed by atoms with Crippen LogP contribution in [0.4, 0.5) is 0 Å². The molecule has 34 heavy (non-hydrogen) atoms. The van der Waals surface area contributed by atoms with Crippen LogP contribution >= 0.6 is 15.9 Å². The predicted octanol–water partition coefficient (Wildman–Crippen LogP) is 3.83. The number of sulfonamides is 1. The predicted molar refractivity (Wildman–Crippen MR) is 133 cm³/mol. The van der Waals surface area contributed by atoms with Crippen LogP contribution < -0.4 is 0 Å². The molecule has 0 fully saturated rings. The molecule has 0 aliphatic heterocycles. The maximum atomic E-state index is 13.7. The molecule has 182 valence electrons. The lowest BCUT2D eigenvalue weighted by Gasteiger charge is -2.31. The standard InChI is InChI=1S/C24H29BrN4O4S/c1-17(2)23(24(30)33-4)29(34(31,32)22-8-6-5-7-21(22)25)14-13-20-16-28(27-26-20)15-19-11-9-18(3)10-12-19/h5-12,16-17,23H,13-15H2,1-4H3/t23-/m0/s1. The van der Waals surface area contributed by atoms with Crippen molar-refractivity contribution in [1.29, 1.82) is 0 Å². The highest BCUT2D eigenvalue weighted by molar-refractivity contribution is 9.10. The van der Waals surface area contributed by atoms with E-state index in [1.54, 1.807) is 42.9 Å². The lowest BCUT2D eigenvalue weighted by molar-refractivity contribution is -0.146. The molecule has 0 radical (unpaired) electrons. The number of benzene rings is 2. The van der Waals surface area contributed by atoms with Crippen LogP contribution in [0.3, 0.4) is 0 Å². The largest absolute Gasteiger partial charge is 0.468 e. The molecular formula is C24H29BrN4O4S. The summed E-state index contributed by atoms with van der Waals surface area (Å²) >= 11 is 3.33. The summed E-state index contributed by atoms with van der Waals surface area (Å²) < 4.78 is 35.6. The van der Waals surface area contributed by atoms with Crippen molar-refractivity contribution in [3.63, 3.8) is 0 Å². The first-order valence-electron chi connectivity index (χ1n) is 10.9. The Bertz CT molecular complexity index is 1230. The minimum absolute atomic E-state index is 0.0465. The second-order valence-corrected chi connectivity index (χ2v) is 11.1. The fourth-order valence-electron chi connectivity index (χ4n) is 3.67. The molecule has 2 aromatic carbocycles. The zero-order chi connectivity index (χ0) is 24.9. The molecule has 0 spiro atoms. The van der Waals surface area contributed by atoms with Gasteiger partial charge in [-0.05, 0) is 46.5 Å². The third-order valence-electron chi connectivity index (χ3n) is 5.45. The van der Waals surface area contributed by atoms with E-state index in [4.69, 9.17) is 4.74 Å². The lowest BCUT2D eigenvalue weighted by Crippen LogP contribution is -2.49. The SMILES string of the molecule is COC(=O)[C@H](C(C)C)N(CCc1cn(Cc2ccc(C)cc2)nn1)S(=O)(=O)c1ccccc1Br. The lowest BCUT2D eigenvalue weighted by atomic mass is 10.0. The number of hydrogen-bond acceptors (Lipinski definition) is 6. The maximum absolute atomic E-state index is 13.7. The van der Waals surface area contributed by atoms with Gasteiger partial charge in [0.2, 0.25) is 10.0 Å². The molecule has 3 aromatic rings. The van der Waals surface area contributed by atoms with Gasteiger partial charge >= 0.3 is 5.97 Å². The maximum Gasteiger partial charge on any atom is 0.324 e. The Morgan fingerprint density at radius 3 is 2.44 bits per heavy atom. The summed E-state index contributed by atoms with van der Waals surface area (Å²) in [6.07, 6.45) is 2.09. The summed E-state index contributed by atoms with van der Waals surface area (Å²) in [5.41, 5.74) is 2.90. The van der Waals surface area contributed by atoms with Crippen LogP contribution in [0.25, 0.3) is 0 Å². The summed E-state index contributed by atoms with van der Waals surface area (Å²) in [6, 6.07) is 13.7. The van der Waals surface area contributed by atoms with E-state index >= 15 is 0 Å². The van der Waals surface area contributed by atoms with Crippen LogP contribution in [0.2, 0.25) is 0 Å². The average Bonchev–Trinajstić information content (AvgIpc) is 3.24. The molecule has 0 aliphatic carbocycles. The summed E-state index contributed by atoms with van der Waals surface area (Å²) in [5.74, 6) is -0.907. The molecule has 8 nitrogen and oxygen atoms in total. The average molecular weight is 549 g/mol. The van der Waals surface area contributed by atoms with Gasteiger partial charge in [0.05, 0.1) is 24.2 Å². The Kier molecular flexibility index (Phi) is 8.62. The van der Waals surface area contributed by atoms with Gasteiger partial charge in [-0.25, -0.2) is 13.1 Å². The quantitative estimate of drug-likeness (QED) is 0.357. The zero-order valence-electron chi connectivity index (χ0n) is 19.7. The van der Waals surface area contributed by atoms with Crippen LogP contribution in [0.15, 0.2) is 64.1 Å². The molecule has 10 heteroatoms. The van der Waals surface area contributed by atoms with E-state index in [1.165, 1.54) is 23.0 Å². The Hall–Kier alpha value is -2.56. The van der Waals surface area contributed by atoms with Gasteiger partial charge in [0.15, 0.2) is 0 Å². The molecule has 0 N–H and O–H groups in total. The van der Waals surface area contributed by atoms with Crippen molar-refractivity contribution in [2.75, 3.05) is 13.7 Å². The van der Waals surface area contributed by atoms with Gasteiger partial charge in [0, 0.05) is 23.6 Å². The molecule has 3 rings (SSSR count). The Morgan fingerprint density at radius 2 is 1.82 bits per heavy atom. The molecule has 0 amide bonds. The first-order chi connectivity index (χ1) is 16.1. The number of rotatable bonds is 10. The third-order valence-corrected chi connectivity index (χ3v) is 8.34. The fourth-order valence-corrected chi connectivity index (χ4v) is 6.34. The third kappa shape index (κ3) is 6.11. The van der Waals surface area contributed by atoms with Gasteiger partial charge in [-0.3, -0.25) is 4.79 Å². The molecule has 1 aromatic heterocycles. The van der Waals surface area contributed by atoms with E-state index in [9.17, 15) is 13.2 Å². The second kappa shape index (κ2) is 11.2. The normalized spacial score (nSPS) is 12.8. The van der Waals surface area contributed by atoms with Crippen molar-refractivity contribution >= 4 is 31.9 Å². The number of aryl methyl sites for hydroxylation is 1. The Labute approximate surface area is 209 Å². The highest BCUT2D eigenvalue weighted by Gasteiger charge is 2.39. The van der Waals surface area contributed by atoms with Crippen LogP contribution in [-0.4, -0.2) is 53.4 Å². The molecule has 0 bridgehead atoms. The van der Waals surface area contributed by atoms with Gasteiger partial charge in [-0.15, -0.1) is 5.10 Å². The van der Waals surface area contributed by atoms with Gasteiger partial charge in [-0.1, -0.05) is 61.0 Å². The highest BCUT2D eigenvalue weighted by atomic mass is 79.9. The smallest absolute Gasteiger partial charge is 0.324 e. The minimum Gasteiger partial charge on any atom is -0.468 e. The van der Waals surface area contributed by atoms with E-state index in [1.807, 2.05) is 31.2 Å². The first-order valence-corrected chi connectivity index (χ1v) is 13.2. The van der Waals surface area contributed by atoms with Crippen LogP contribution in [0.5, 0.6) is 0 Å². The van der Waals surface area contributed by atoms with Crippen LogP contribution in [0, 0.1) is 12.8 Å². The number of hydrogen-bond donors (Lipinski definition) is 0. The minimum atomic E-state index is -4.02. The number of aromatic nitrogens is 3. The van der Waals surface area contributed by atoms with E-state index in [0.29, 0.717) is 16.7 Å². The molecular weight excluding hydrogens is 520 g/mol. The molecule has 1 heterocycles. The number of ether oxygens (including phenoxy) is 1. The topological polar surface area (TPSA) is 94.4 Å². The fraction of sp³-hybridized carbons (Fsp3) is 0.375. The summed E-state index contributed by atoms with van der Waals surface area (Å²) in [7, 11) is -2.75. The number of esters is 1. The van der Waals surface area contributed by atoms with Crippen molar-refractivity contribution in [3.8, 4) is 0 Å². The highest BCUT2D eigenvalue weighted by Crippen LogP contribution is 2.28. The summed E-state index contributed by atoms with van der Waals surface area (Å²) in [6.45, 7) is 6.22. The molecule has 0 aliphatic rings. The second-order valence-electron chi connectivity index (χ2n) is 8.40. The van der Waals surface area contributed by atoms with Crippen LogP contribution in [-0.2, 0) is 32.5 Å².